The molecule has 2 atom stereocenters. The summed E-state index contributed by atoms with van der Waals surface area (Å²) >= 11 is 6.11. The van der Waals surface area contributed by atoms with Gasteiger partial charge in [-0.3, -0.25) is 9.69 Å². The average Bonchev–Trinajstić information content (AvgIpc) is 3.25. The SMILES string of the molecule is O=C(N[C@@H]1CCN2CCCC[C@H]12)C1(c2cccc(Cl)c2)CC1. The molecule has 118 valence electrons. The maximum absolute atomic E-state index is 12.9. The van der Waals surface area contributed by atoms with E-state index in [1.54, 1.807) is 0 Å². The summed E-state index contributed by atoms with van der Waals surface area (Å²) in [7, 11) is 0. The smallest absolute Gasteiger partial charge is 0.230 e. The fourth-order valence-electron chi connectivity index (χ4n) is 4.28. The highest BCUT2D eigenvalue weighted by Crippen LogP contribution is 2.49. The van der Waals surface area contributed by atoms with Gasteiger partial charge in [0.1, 0.15) is 0 Å². The van der Waals surface area contributed by atoms with Crippen LogP contribution in [0.5, 0.6) is 0 Å². The molecule has 1 saturated carbocycles. The van der Waals surface area contributed by atoms with Crippen molar-refractivity contribution in [1.29, 1.82) is 0 Å². The Labute approximate surface area is 137 Å². The Morgan fingerprint density at radius 3 is 2.86 bits per heavy atom. The van der Waals surface area contributed by atoms with E-state index in [2.05, 4.69) is 10.2 Å². The average molecular weight is 319 g/mol. The van der Waals surface area contributed by atoms with Crippen LogP contribution in [-0.2, 0) is 10.2 Å². The summed E-state index contributed by atoms with van der Waals surface area (Å²) in [6.45, 7) is 2.34. The lowest BCUT2D eigenvalue weighted by Crippen LogP contribution is -2.49. The first-order valence-electron chi connectivity index (χ1n) is 8.50. The number of carbonyl (C=O) groups excluding carboxylic acids is 1. The van der Waals surface area contributed by atoms with Gasteiger partial charge in [0.2, 0.25) is 5.91 Å². The molecular formula is C18H23ClN2O. The summed E-state index contributed by atoms with van der Waals surface area (Å²) < 4.78 is 0. The number of amides is 1. The molecule has 4 rings (SSSR count). The first-order chi connectivity index (χ1) is 10.7. The van der Waals surface area contributed by atoms with Crippen LogP contribution in [-0.4, -0.2) is 36.0 Å². The zero-order valence-electron chi connectivity index (χ0n) is 12.9. The number of hydrogen-bond donors (Lipinski definition) is 1. The van der Waals surface area contributed by atoms with E-state index in [9.17, 15) is 4.79 Å². The van der Waals surface area contributed by atoms with Gasteiger partial charge in [-0.05, 0) is 56.3 Å². The van der Waals surface area contributed by atoms with Crippen LogP contribution in [0.3, 0.4) is 0 Å². The summed E-state index contributed by atoms with van der Waals surface area (Å²) in [6, 6.07) is 8.71. The molecule has 2 heterocycles. The number of benzene rings is 1. The van der Waals surface area contributed by atoms with Crippen molar-refractivity contribution < 1.29 is 4.79 Å². The van der Waals surface area contributed by atoms with Gasteiger partial charge in [0.05, 0.1) is 5.41 Å². The third-order valence-electron chi connectivity index (χ3n) is 5.73. The van der Waals surface area contributed by atoms with Crippen molar-refractivity contribution >= 4 is 17.5 Å². The molecule has 0 radical (unpaired) electrons. The minimum absolute atomic E-state index is 0.215. The zero-order valence-corrected chi connectivity index (χ0v) is 13.6. The largest absolute Gasteiger partial charge is 0.351 e. The molecule has 3 aliphatic rings. The van der Waals surface area contributed by atoms with Crippen LogP contribution in [0.2, 0.25) is 5.02 Å². The van der Waals surface area contributed by atoms with Crippen LogP contribution in [0.4, 0.5) is 0 Å². The number of carbonyl (C=O) groups is 1. The second kappa shape index (κ2) is 5.54. The highest BCUT2D eigenvalue weighted by atomic mass is 35.5. The molecule has 1 N–H and O–H groups in total. The molecule has 0 bridgehead atoms. The van der Waals surface area contributed by atoms with Gasteiger partial charge < -0.3 is 5.32 Å². The molecule has 0 unspecified atom stereocenters. The number of piperidine rings is 1. The number of nitrogens with one attached hydrogen (secondary N) is 1. The predicted octanol–water partition coefficient (Wildman–Crippen LogP) is 3.11. The van der Waals surface area contributed by atoms with E-state index >= 15 is 0 Å². The Balaban J connectivity index is 1.48. The van der Waals surface area contributed by atoms with Gasteiger partial charge in [-0.15, -0.1) is 0 Å². The van der Waals surface area contributed by atoms with Gasteiger partial charge in [0.15, 0.2) is 0 Å². The molecular weight excluding hydrogens is 296 g/mol. The first-order valence-corrected chi connectivity index (χ1v) is 8.88. The van der Waals surface area contributed by atoms with E-state index in [0.717, 1.165) is 36.4 Å². The van der Waals surface area contributed by atoms with E-state index in [0.29, 0.717) is 12.1 Å². The Hall–Kier alpha value is -1.06. The molecule has 2 saturated heterocycles. The van der Waals surface area contributed by atoms with Crippen molar-refractivity contribution in [3.05, 3.63) is 34.9 Å². The summed E-state index contributed by atoms with van der Waals surface area (Å²) in [6.07, 6.45) is 6.83. The third-order valence-corrected chi connectivity index (χ3v) is 5.97. The van der Waals surface area contributed by atoms with Crippen LogP contribution in [0.15, 0.2) is 24.3 Å². The van der Waals surface area contributed by atoms with Crippen molar-refractivity contribution in [3.63, 3.8) is 0 Å². The summed E-state index contributed by atoms with van der Waals surface area (Å²) in [4.78, 5) is 15.5. The van der Waals surface area contributed by atoms with Crippen LogP contribution in [0.25, 0.3) is 0 Å². The number of hydrogen-bond acceptors (Lipinski definition) is 2. The topological polar surface area (TPSA) is 32.3 Å². The van der Waals surface area contributed by atoms with Crippen molar-refractivity contribution in [2.75, 3.05) is 13.1 Å². The lowest BCUT2D eigenvalue weighted by Gasteiger charge is -2.33. The molecule has 1 aromatic rings. The van der Waals surface area contributed by atoms with Crippen molar-refractivity contribution in [3.8, 4) is 0 Å². The molecule has 0 aromatic heterocycles. The van der Waals surface area contributed by atoms with E-state index in [1.165, 1.54) is 25.8 Å². The van der Waals surface area contributed by atoms with E-state index in [-0.39, 0.29) is 11.3 Å². The van der Waals surface area contributed by atoms with Gasteiger partial charge in [0.25, 0.3) is 0 Å². The molecule has 0 spiro atoms. The lowest BCUT2D eigenvalue weighted by molar-refractivity contribution is -0.124. The number of nitrogens with zero attached hydrogens (tertiary/aromatic N) is 1. The second-order valence-corrected chi connectivity index (χ2v) is 7.50. The molecule has 22 heavy (non-hydrogen) atoms. The number of rotatable bonds is 3. The highest BCUT2D eigenvalue weighted by Gasteiger charge is 2.52. The fourth-order valence-corrected chi connectivity index (χ4v) is 4.47. The Morgan fingerprint density at radius 1 is 1.23 bits per heavy atom. The van der Waals surface area contributed by atoms with Gasteiger partial charge in [-0.25, -0.2) is 0 Å². The van der Waals surface area contributed by atoms with Gasteiger partial charge >= 0.3 is 0 Å². The van der Waals surface area contributed by atoms with Crippen LogP contribution in [0, 0.1) is 0 Å². The molecule has 1 aromatic carbocycles. The zero-order chi connectivity index (χ0) is 15.2. The van der Waals surface area contributed by atoms with Gasteiger partial charge in [-0.1, -0.05) is 30.2 Å². The standard InChI is InChI=1S/C18H23ClN2O/c19-14-5-3-4-13(12-14)18(8-9-18)17(22)20-15-7-11-21-10-2-1-6-16(15)21/h3-5,12,15-16H,1-2,6-11H2,(H,20,22)/t15-,16-/m1/s1. The quantitative estimate of drug-likeness (QED) is 0.928. The van der Waals surface area contributed by atoms with Crippen molar-refractivity contribution in [2.45, 2.75) is 56.0 Å². The second-order valence-electron chi connectivity index (χ2n) is 7.06. The molecule has 3 fully saturated rings. The monoisotopic (exact) mass is 318 g/mol. The highest BCUT2D eigenvalue weighted by molar-refractivity contribution is 6.30. The molecule has 3 nitrogen and oxygen atoms in total. The summed E-state index contributed by atoms with van der Waals surface area (Å²) in [5.41, 5.74) is 0.767. The van der Waals surface area contributed by atoms with E-state index in [4.69, 9.17) is 11.6 Å². The Morgan fingerprint density at radius 2 is 2.09 bits per heavy atom. The van der Waals surface area contributed by atoms with Gasteiger partial charge in [-0.2, -0.15) is 0 Å². The van der Waals surface area contributed by atoms with Crippen LogP contribution in [0.1, 0.15) is 44.1 Å². The van der Waals surface area contributed by atoms with E-state index in [1.807, 2.05) is 24.3 Å². The summed E-state index contributed by atoms with van der Waals surface area (Å²) in [5.74, 6) is 0.215. The maximum Gasteiger partial charge on any atom is 0.230 e. The first kappa shape index (κ1) is 14.5. The van der Waals surface area contributed by atoms with Crippen molar-refractivity contribution in [2.24, 2.45) is 0 Å². The van der Waals surface area contributed by atoms with Crippen molar-refractivity contribution in [1.82, 2.24) is 10.2 Å². The molecule has 4 heteroatoms. The Bertz CT molecular complexity index is 584. The fraction of sp³-hybridized carbons (Fsp3) is 0.611. The minimum Gasteiger partial charge on any atom is -0.351 e. The normalized spacial score (nSPS) is 29.9. The summed E-state index contributed by atoms with van der Waals surface area (Å²) in [5, 5.41) is 4.09. The number of halogens is 1. The molecule has 1 aliphatic carbocycles. The van der Waals surface area contributed by atoms with Gasteiger partial charge in [0, 0.05) is 23.7 Å². The van der Waals surface area contributed by atoms with Crippen LogP contribution < -0.4 is 5.32 Å². The lowest BCUT2D eigenvalue weighted by atomic mass is 9.93. The third kappa shape index (κ3) is 2.44. The van der Waals surface area contributed by atoms with E-state index < -0.39 is 0 Å². The molecule has 2 aliphatic heterocycles. The molecule has 1 amide bonds. The Kier molecular flexibility index (Phi) is 3.66. The minimum atomic E-state index is -0.313. The predicted molar refractivity (Wildman–Crippen MR) is 88.1 cm³/mol. The maximum atomic E-state index is 12.9. The number of fused-ring (bicyclic) bond motifs is 1. The van der Waals surface area contributed by atoms with Crippen LogP contribution >= 0.6 is 11.6 Å².